The van der Waals surface area contributed by atoms with Crippen molar-refractivity contribution < 1.29 is 9.90 Å². The maximum absolute atomic E-state index is 11.1. The van der Waals surface area contributed by atoms with E-state index >= 15 is 0 Å². The molecule has 1 N–H and O–H groups in total. The Bertz CT molecular complexity index is 132. The maximum atomic E-state index is 11.1. The summed E-state index contributed by atoms with van der Waals surface area (Å²) in [5.74, 6) is 0.0481. The zero-order valence-electron chi connectivity index (χ0n) is 6.88. The smallest absolute Gasteiger partial charge is 0.161 e. The number of carbonyl (C=O) groups excluding carboxylic acids is 1. The fourth-order valence-electron chi connectivity index (χ4n) is 1.49. The highest BCUT2D eigenvalue weighted by Crippen LogP contribution is 2.14. The van der Waals surface area contributed by atoms with Crippen molar-refractivity contribution in [2.45, 2.75) is 51.0 Å². The number of hydrogen-bond acceptors (Lipinski definition) is 2. The Hall–Kier alpha value is -0.370. The van der Waals surface area contributed by atoms with Gasteiger partial charge in [-0.1, -0.05) is 25.7 Å². The number of Topliss-reactive ketones (excluding diaryl/α,β-unsaturated/α-hetero) is 1. The Morgan fingerprint density at radius 1 is 1.09 bits per heavy atom. The van der Waals surface area contributed by atoms with Crippen LogP contribution in [0.4, 0.5) is 0 Å². The van der Waals surface area contributed by atoms with Gasteiger partial charge in [0, 0.05) is 6.42 Å². The molecule has 64 valence electrons. The van der Waals surface area contributed by atoms with E-state index in [1.807, 2.05) is 0 Å². The van der Waals surface area contributed by atoms with Crippen LogP contribution < -0.4 is 0 Å². The van der Waals surface area contributed by atoms with Crippen LogP contribution in [0.15, 0.2) is 0 Å². The maximum Gasteiger partial charge on any atom is 0.161 e. The Morgan fingerprint density at radius 2 is 1.73 bits per heavy atom. The van der Waals surface area contributed by atoms with E-state index in [1.54, 1.807) is 0 Å². The molecular formula is C9H16O2. The number of hydrogen-bond donors (Lipinski definition) is 1. The molecule has 0 unspecified atom stereocenters. The van der Waals surface area contributed by atoms with Crippen LogP contribution in [0.2, 0.25) is 0 Å². The summed E-state index contributed by atoms with van der Waals surface area (Å²) in [7, 11) is 0. The predicted octanol–water partition coefficient (Wildman–Crippen LogP) is 1.66. The van der Waals surface area contributed by atoms with E-state index in [0.717, 1.165) is 19.3 Å². The third-order valence-corrected chi connectivity index (χ3v) is 2.27. The summed E-state index contributed by atoms with van der Waals surface area (Å²) in [5, 5.41) is 9.26. The molecule has 0 saturated heterocycles. The second-order valence-electron chi connectivity index (χ2n) is 3.29. The Morgan fingerprint density at radius 3 is 2.55 bits per heavy atom. The van der Waals surface area contributed by atoms with Gasteiger partial charge in [-0.3, -0.25) is 4.79 Å². The van der Waals surface area contributed by atoms with Gasteiger partial charge in [-0.2, -0.15) is 0 Å². The largest absolute Gasteiger partial charge is 0.385 e. The number of carbonyl (C=O) groups is 1. The van der Waals surface area contributed by atoms with E-state index in [9.17, 15) is 9.90 Å². The van der Waals surface area contributed by atoms with Crippen molar-refractivity contribution in [3.8, 4) is 0 Å². The summed E-state index contributed by atoms with van der Waals surface area (Å²) in [6, 6.07) is 0. The average Bonchev–Trinajstić information content (AvgIpc) is 2.07. The average molecular weight is 156 g/mol. The zero-order chi connectivity index (χ0) is 8.10. The third-order valence-electron chi connectivity index (χ3n) is 2.27. The van der Waals surface area contributed by atoms with E-state index in [4.69, 9.17) is 0 Å². The first kappa shape index (κ1) is 8.72. The minimum Gasteiger partial charge on any atom is -0.385 e. The normalized spacial score (nSPS) is 28.8. The van der Waals surface area contributed by atoms with Crippen molar-refractivity contribution >= 4 is 5.78 Å². The van der Waals surface area contributed by atoms with Crippen molar-refractivity contribution in [2.24, 2.45) is 0 Å². The van der Waals surface area contributed by atoms with Crippen LogP contribution in [-0.2, 0) is 4.79 Å². The lowest BCUT2D eigenvalue weighted by Crippen LogP contribution is -2.19. The number of rotatable bonds is 0. The summed E-state index contributed by atoms with van der Waals surface area (Å²) in [6.07, 6.45) is 6.12. The molecule has 0 aromatic carbocycles. The van der Waals surface area contributed by atoms with Gasteiger partial charge in [-0.05, 0) is 12.8 Å². The molecule has 0 aromatic rings. The van der Waals surface area contributed by atoms with Crippen LogP contribution in [0, 0.1) is 0 Å². The predicted molar refractivity (Wildman–Crippen MR) is 43.3 cm³/mol. The second-order valence-corrected chi connectivity index (χ2v) is 3.29. The van der Waals surface area contributed by atoms with Gasteiger partial charge in [-0.25, -0.2) is 0 Å². The fourth-order valence-corrected chi connectivity index (χ4v) is 1.49. The van der Waals surface area contributed by atoms with Gasteiger partial charge in [0.1, 0.15) is 6.10 Å². The van der Waals surface area contributed by atoms with E-state index in [2.05, 4.69) is 0 Å². The molecule has 0 aliphatic heterocycles. The highest BCUT2D eigenvalue weighted by atomic mass is 16.3. The van der Waals surface area contributed by atoms with Gasteiger partial charge < -0.3 is 5.11 Å². The van der Waals surface area contributed by atoms with Crippen molar-refractivity contribution in [3.63, 3.8) is 0 Å². The molecule has 2 heteroatoms. The monoisotopic (exact) mass is 156 g/mol. The van der Waals surface area contributed by atoms with Crippen molar-refractivity contribution in [2.75, 3.05) is 0 Å². The third kappa shape index (κ3) is 3.02. The summed E-state index contributed by atoms with van der Waals surface area (Å²) < 4.78 is 0. The van der Waals surface area contributed by atoms with E-state index in [1.165, 1.54) is 12.8 Å². The van der Waals surface area contributed by atoms with Gasteiger partial charge in [0.25, 0.3) is 0 Å². The Balaban J connectivity index is 2.35. The molecule has 0 aromatic heterocycles. The van der Waals surface area contributed by atoms with Crippen LogP contribution in [0.5, 0.6) is 0 Å². The number of aliphatic hydroxyl groups excluding tert-OH is 1. The van der Waals surface area contributed by atoms with Gasteiger partial charge in [0.05, 0.1) is 0 Å². The van der Waals surface area contributed by atoms with Gasteiger partial charge in [0.15, 0.2) is 5.78 Å². The van der Waals surface area contributed by atoms with Crippen molar-refractivity contribution in [3.05, 3.63) is 0 Å². The van der Waals surface area contributed by atoms with Crippen molar-refractivity contribution in [1.82, 2.24) is 0 Å². The molecule has 0 radical (unpaired) electrons. The highest BCUT2D eigenvalue weighted by Gasteiger charge is 2.14. The van der Waals surface area contributed by atoms with Gasteiger partial charge in [0.2, 0.25) is 0 Å². The minimum atomic E-state index is -0.659. The van der Waals surface area contributed by atoms with Crippen LogP contribution in [0.1, 0.15) is 44.9 Å². The molecule has 0 amide bonds. The number of ketones is 1. The SMILES string of the molecule is O=C1CCCCCCC[C@@H]1O. The molecule has 2 nitrogen and oxygen atoms in total. The van der Waals surface area contributed by atoms with Crippen LogP contribution in [0.25, 0.3) is 0 Å². The minimum absolute atomic E-state index is 0.0481. The number of aliphatic hydroxyl groups is 1. The summed E-state index contributed by atoms with van der Waals surface area (Å²) in [6.45, 7) is 0. The molecule has 1 saturated carbocycles. The van der Waals surface area contributed by atoms with Crippen molar-refractivity contribution in [1.29, 1.82) is 0 Å². The quantitative estimate of drug-likeness (QED) is 0.579. The molecule has 1 atom stereocenters. The standard InChI is InChI=1S/C9H16O2/c10-8-6-4-2-1-3-5-7-9(8)11/h8,10H,1-7H2/t8-/m0/s1. The molecule has 1 fully saturated rings. The molecular weight excluding hydrogens is 140 g/mol. The first-order valence-corrected chi connectivity index (χ1v) is 4.51. The van der Waals surface area contributed by atoms with Gasteiger partial charge in [-0.15, -0.1) is 0 Å². The molecule has 1 aliphatic carbocycles. The Kier molecular flexibility index (Phi) is 3.57. The van der Waals surface area contributed by atoms with Crippen LogP contribution >= 0.6 is 0 Å². The molecule has 1 rings (SSSR count). The molecule has 0 spiro atoms. The molecule has 0 bridgehead atoms. The summed E-state index contributed by atoms with van der Waals surface area (Å²) in [5.41, 5.74) is 0. The van der Waals surface area contributed by atoms with E-state index < -0.39 is 6.10 Å². The van der Waals surface area contributed by atoms with E-state index in [0.29, 0.717) is 12.8 Å². The molecule has 11 heavy (non-hydrogen) atoms. The Labute approximate surface area is 67.6 Å². The van der Waals surface area contributed by atoms with Gasteiger partial charge >= 0.3 is 0 Å². The van der Waals surface area contributed by atoms with Crippen LogP contribution in [-0.4, -0.2) is 17.0 Å². The summed E-state index contributed by atoms with van der Waals surface area (Å²) >= 11 is 0. The summed E-state index contributed by atoms with van der Waals surface area (Å²) in [4.78, 5) is 11.1. The first-order chi connectivity index (χ1) is 5.30. The lowest BCUT2D eigenvalue weighted by atomic mass is 10.1. The van der Waals surface area contributed by atoms with Crippen LogP contribution in [0.3, 0.4) is 0 Å². The highest BCUT2D eigenvalue weighted by molar-refractivity contribution is 5.82. The lowest BCUT2D eigenvalue weighted by Gasteiger charge is -2.05. The van der Waals surface area contributed by atoms with E-state index in [-0.39, 0.29) is 5.78 Å². The topological polar surface area (TPSA) is 37.3 Å². The first-order valence-electron chi connectivity index (χ1n) is 4.51. The molecule has 1 aliphatic rings. The second kappa shape index (κ2) is 4.50. The fraction of sp³-hybridized carbons (Fsp3) is 0.889. The lowest BCUT2D eigenvalue weighted by molar-refractivity contribution is -0.127. The molecule has 0 heterocycles. The zero-order valence-corrected chi connectivity index (χ0v) is 6.88.